The predicted octanol–water partition coefficient (Wildman–Crippen LogP) is 2.35. The quantitative estimate of drug-likeness (QED) is 0.635. The molecule has 0 spiro atoms. The van der Waals surface area contributed by atoms with Crippen molar-refractivity contribution < 1.29 is 14.3 Å². The Morgan fingerprint density at radius 2 is 2.00 bits per heavy atom. The van der Waals surface area contributed by atoms with Gasteiger partial charge in [0.2, 0.25) is 5.91 Å². The van der Waals surface area contributed by atoms with E-state index in [-0.39, 0.29) is 17.9 Å². The molecule has 1 aliphatic carbocycles. The third kappa shape index (κ3) is 3.93. The first-order valence-electron chi connectivity index (χ1n) is 11.2. The minimum Gasteiger partial charge on any atom is -0.488 e. The number of carbonyl (C=O) groups excluding carboxylic acids is 1. The SMILES string of the molecule is Cc1cc(-c2cc3cc(NC(=O)C4CC4)nn3cn2)c(OC2CC3COCC(C2)N3)cn1. The molecule has 3 aromatic heterocycles. The average molecular weight is 435 g/mol. The number of nitrogens with zero attached hydrogens (tertiary/aromatic N) is 4. The molecule has 3 fully saturated rings. The lowest BCUT2D eigenvalue weighted by molar-refractivity contribution is -0.117. The van der Waals surface area contributed by atoms with Gasteiger partial charge in [0.1, 0.15) is 18.2 Å². The molecule has 3 aliphatic rings. The molecule has 166 valence electrons. The number of anilines is 1. The molecule has 1 amide bonds. The van der Waals surface area contributed by atoms with Gasteiger partial charge in [-0.15, -0.1) is 5.10 Å². The average Bonchev–Trinajstić information content (AvgIpc) is 3.55. The Kier molecular flexibility index (Phi) is 4.80. The summed E-state index contributed by atoms with van der Waals surface area (Å²) in [6.45, 7) is 3.42. The van der Waals surface area contributed by atoms with Crippen LogP contribution in [0.5, 0.6) is 5.75 Å². The summed E-state index contributed by atoms with van der Waals surface area (Å²) in [4.78, 5) is 21.2. The zero-order chi connectivity index (χ0) is 21.7. The molecule has 2 unspecified atom stereocenters. The van der Waals surface area contributed by atoms with Crippen LogP contribution in [0.2, 0.25) is 0 Å². The molecule has 0 aromatic carbocycles. The van der Waals surface area contributed by atoms with E-state index < -0.39 is 0 Å². The van der Waals surface area contributed by atoms with Crippen LogP contribution in [0.15, 0.2) is 30.7 Å². The highest BCUT2D eigenvalue weighted by atomic mass is 16.5. The predicted molar refractivity (Wildman–Crippen MR) is 117 cm³/mol. The highest BCUT2D eigenvalue weighted by Gasteiger charge is 2.33. The second-order valence-corrected chi connectivity index (χ2v) is 9.07. The second kappa shape index (κ2) is 7.83. The Labute approximate surface area is 185 Å². The molecular formula is C23H26N6O3. The number of amides is 1. The number of rotatable bonds is 5. The Balaban J connectivity index is 1.27. The lowest BCUT2D eigenvalue weighted by Gasteiger charge is -2.40. The summed E-state index contributed by atoms with van der Waals surface area (Å²) in [5.41, 5.74) is 3.45. The van der Waals surface area contributed by atoms with Crippen LogP contribution in [-0.4, -0.2) is 56.9 Å². The smallest absolute Gasteiger partial charge is 0.228 e. The number of hydrogen-bond acceptors (Lipinski definition) is 7. The van der Waals surface area contributed by atoms with Gasteiger partial charge < -0.3 is 20.1 Å². The van der Waals surface area contributed by atoms with Crippen molar-refractivity contribution in [3.05, 3.63) is 36.4 Å². The van der Waals surface area contributed by atoms with Crippen LogP contribution in [0.1, 0.15) is 31.4 Å². The topological polar surface area (TPSA) is 103 Å². The summed E-state index contributed by atoms with van der Waals surface area (Å²) in [5, 5.41) is 10.9. The zero-order valence-corrected chi connectivity index (χ0v) is 18.0. The highest BCUT2D eigenvalue weighted by molar-refractivity contribution is 5.93. The Bertz CT molecular complexity index is 1160. The van der Waals surface area contributed by atoms with Gasteiger partial charge in [0.25, 0.3) is 0 Å². The molecule has 6 rings (SSSR count). The van der Waals surface area contributed by atoms with E-state index in [1.807, 2.05) is 25.1 Å². The molecule has 9 nitrogen and oxygen atoms in total. The first kappa shape index (κ1) is 19.6. The van der Waals surface area contributed by atoms with Gasteiger partial charge in [-0.2, -0.15) is 0 Å². The van der Waals surface area contributed by atoms with Crippen LogP contribution in [-0.2, 0) is 9.53 Å². The molecule has 9 heteroatoms. The first-order chi connectivity index (χ1) is 15.6. The number of morpholine rings is 1. The third-order valence-electron chi connectivity index (χ3n) is 6.33. The summed E-state index contributed by atoms with van der Waals surface area (Å²) >= 11 is 0. The van der Waals surface area contributed by atoms with Gasteiger partial charge in [0, 0.05) is 48.2 Å². The van der Waals surface area contributed by atoms with Crippen molar-refractivity contribution in [3.63, 3.8) is 0 Å². The molecule has 1 saturated carbocycles. The lowest BCUT2D eigenvalue weighted by atomic mass is 9.94. The molecule has 2 bridgehead atoms. The minimum absolute atomic E-state index is 0.0409. The largest absolute Gasteiger partial charge is 0.488 e. The fraction of sp³-hybridized carbons (Fsp3) is 0.478. The molecule has 5 heterocycles. The Hall–Kier alpha value is -3.04. The maximum Gasteiger partial charge on any atom is 0.228 e. The molecule has 0 radical (unpaired) electrons. The zero-order valence-electron chi connectivity index (χ0n) is 18.0. The van der Waals surface area contributed by atoms with Gasteiger partial charge in [-0.1, -0.05) is 0 Å². The molecule has 2 aliphatic heterocycles. The van der Waals surface area contributed by atoms with E-state index in [4.69, 9.17) is 9.47 Å². The van der Waals surface area contributed by atoms with Crippen molar-refractivity contribution in [2.24, 2.45) is 5.92 Å². The molecule has 3 aromatic rings. The van der Waals surface area contributed by atoms with Gasteiger partial charge >= 0.3 is 0 Å². The van der Waals surface area contributed by atoms with Crippen molar-refractivity contribution in [3.8, 4) is 17.0 Å². The van der Waals surface area contributed by atoms with Crippen LogP contribution >= 0.6 is 0 Å². The van der Waals surface area contributed by atoms with Gasteiger partial charge in [-0.3, -0.25) is 9.78 Å². The van der Waals surface area contributed by atoms with E-state index in [9.17, 15) is 4.79 Å². The second-order valence-electron chi connectivity index (χ2n) is 9.07. The molecular weight excluding hydrogens is 408 g/mol. The Morgan fingerprint density at radius 1 is 1.19 bits per heavy atom. The first-order valence-corrected chi connectivity index (χ1v) is 11.2. The fourth-order valence-electron chi connectivity index (χ4n) is 4.59. The van der Waals surface area contributed by atoms with Crippen LogP contribution in [0.4, 0.5) is 5.82 Å². The maximum atomic E-state index is 12.1. The number of nitrogens with one attached hydrogen (secondary N) is 2. The van der Waals surface area contributed by atoms with E-state index >= 15 is 0 Å². The van der Waals surface area contributed by atoms with Gasteiger partial charge in [0.05, 0.1) is 30.6 Å². The summed E-state index contributed by atoms with van der Waals surface area (Å²) in [5.74, 6) is 1.46. The molecule has 2 saturated heterocycles. The number of carbonyl (C=O) groups is 1. The number of pyridine rings is 1. The van der Waals surface area contributed by atoms with E-state index in [0.717, 1.165) is 67.1 Å². The number of piperidine rings is 1. The summed E-state index contributed by atoms with van der Waals surface area (Å²) in [6.07, 6.45) is 7.31. The van der Waals surface area contributed by atoms with Crippen molar-refractivity contribution in [1.29, 1.82) is 0 Å². The van der Waals surface area contributed by atoms with E-state index in [1.54, 1.807) is 17.0 Å². The van der Waals surface area contributed by atoms with E-state index in [2.05, 4.69) is 25.7 Å². The standard InChI is InChI=1S/C23H26N6O3/c1-13-4-19(21(9-24-13)32-18-5-15-10-31-11-16(6-18)26-15)20-7-17-8-22(28-29(17)12-25-20)27-23(30)14-2-3-14/h4,7-9,12,14-16,18,26H,2-3,5-6,10-11H2,1H3,(H,27,28,30). The van der Waals surface area contributed by atoms with Crippen LogP contribution < -0.4 is 15.4 Å². The number of aryl methyl sites for hydroxylation is 1. The van der Waals surface area contributed by atoms with Crippen molar-refractivity contribution >= 4 is 17.2 Å². The fourth-order valence-corrected chi connectivity index (χ4v) is 4.59. The summed E-state index contributed by atoms with van der Waals surface area (Å²) < 4.78 is 13.8. The normalized spacial score (nSPS) is 25.0. The molecule has 2 atom stereocenters. The van der Waals surface area contributed by atoms with Crippen molar-refractivity contribution in [2.75, 3.05) is 18.5 Å². The van der Waals surface area contributed by atoms with Crippen LogP contribution in [0.25, 0.3) is 16.8 Å². The van der Waals surface area contributed by atoms with Gasteiger partial charge in [0.15, 0.2) is 5.82 Å². The number of aromatic nitrogens is 4. The summed E-state index contributed by atoms with van der Waals surface area (Å²) in [7, 11) is 0. The van der Waals surface area contributed by atoms with Crippen molar-refractivity contribution in [2.45, 2.75) is 50.8 Å². The maximum absolute atomic E-state index is 12.1. The number of hydrogen-bond donors (Lipinski definition) is 2. The van der Waals surface area contributed by atoms with Crippen LogP contribution in [0.3, 0.4) is 0 Å². The van der Waals surface area contributed by atoms with Gasteiger partial charge in [-0.25, -0.2) is 9.50 Å². The van der Waals surface area contributed by atoms with E-state index in [0.29, 0.717) is 17.9 Å². The van der Waals surface area contributed by atoms with E-state index in [1.165, 1.54) is 0 Å². The van der Waals surface area contributed by atoms with Crippen LogP contribution in [0, 0.1) is 12.8 Å². The Morgan fingerprint density at radius 3 is 2.78 bits per heavy atom. The number of fused-ring (bicyclic) bond motifs is 3. The molecule has 2 N–H and O–H groups in total. The van der Waals surface area contributed by atoms with Gasteiger partial charge in [-0.05, 0) is 31.9 Å². The lowest BCUT2D eigenvalue weighted by Crippen LogP contribution is -2.56. The third-order valence-corrected chi connectivity index (χ3v) is 6.33. The highest BCUT2D eigenvalue weighted by Crippen LogP contribution is 2.33. The molecule has 32 heavy (non-hydrogen) atoms. The van der Waals surface area contributed by atoms with Crippen molar-refractivity contribution in [1.82, 2.24) is 24.9 Å². The number of ether oxygens (including phenoxy) is 2. The minimum atomic E-state index is 0.0409. The monoisotopic (exact) mass is 434 g/mol. The summed E-state index contributed by atoms with van der Waals surface area (Å²) in [6, 6.07) is 6.51.